The van der Waals surface area contributed by atoms with Crippen LogP contribution in [0, 0.1) is 0 Å². The van der Waals surface area contributed by atoms with E-state index in [0.29, 0.717) is 0 Å². The second-order valence-electron chi connectivity index (χ2n) is 3.62. The van der Waals surface area contributed by atoms with E-state index in [-0.39, 0.29) is 16.8 Å². The summed E-state index contributed by atoms with van der Waals surface area (Å²) in [6.45, 7) is 4.85. The van der Waals surface area contributed by atoms with E-state index in [4.69, 9.17) is 0 Å². The number of amides is 1. The fraction of sp³-hybridized carbons (Fsp3) is 0.889. The Bertz CT molecular complexity index is 160. The molecule has 0 spiro atoms. The van der Waals surface area contributed by atoms with Gasteiger partial charge in [-0.25, -0.2) is 0 Å². The van der Waals surface area contributed by atoms with Crippen LogP contribution >= 0.6 is 15.9 Å². The number of nitrogens with zero attached hydrogens (tertiary/aromatic N) is 1. The van der Waals surface area contributed by atoms with Crippen molar-refractivity contribution in [3.05, 3.63) is 0 Å². The van der Waals surface area contributed by atoms with E-state index in [9.17, 15) is 4.79 Å². The zero-order valence-electron chi connectivity index (χ0n) is 8.80. The van der Waals surface area contributed by atoms with Gasteiger partial charge in [0.2, 0.25) is 5.91 Å². The largest absolute Gasteiger partial charge is 0.353 e. The van der Waals surface area contributed by atoms with E-state index in [2.05, 4.69) is 26.1 Å². The molecule has 0 saturated carbocycles. The van der Waals surface area contributed by atoms with Gasteiger partial charge in [-0.15, -0.1) is 0 Å². The number of nitrogens with one attached hydrogen (secondary N) is 1. The van der Waals surface area contributed by atoms with Crippen LogP contribution < -0.4 is 5.32 Å². The summed E-state index contributed by atoms with van der Waals surface area (Å²) in [5, 5.41) is 2.92. The number of halogens is 1. The molecular weight excluding hydrogens is 232 g/mol. The van der Waals surface area contributed by atoms with E-state index in [1.807, 2.05) is 27.9 Å². The van der Waals surface area contributed by atoms with Crippen molar-refractivity contribution in [3.8, 4) is 0 Å². The number of hydrogen-bond donors (Lipinski definition) is 1. The van der Waals surface area contributed by atoms with Crippen LogP contribution in [0.25, 0.3) is 0 Å². The van der Waals surface area contributed by atoms with Gasteiger partial charge in [0.1, 0.15) is 0 Å². The summed E-state index contributed by atoms with van der Waals surface area (Å²) in [6, 6.07) is 0.245. The molecule has 1 amide bonds. The van der Waals surface area contributed by atoms with Crippen LogP contribution in [0.3, 0.4) is 0 Å². The van der Waals surface area contributed by atoms with E-state index < -0.39 is 0 Å². The maximum absolute atomic E-state index is 11.2. The van der Waals surface area contributed by atoms with Gasteiger partial charge in [0, 0.05) is 6.04 Å². The Morgan fingerprint density at radius 2 is 2.00 bits per heavy atom. The maximum Gasteiger partial charge on any atom is 0.233 e. The van der Waals surface area contributed by atoms with Crippen molar-refractivity contribution in [3.63, 3.8) is 0 Å². The molecule has 0 radical (unpaired) electrons. The Hall–Kier alpha value is -0.0900. The molecule has 2 atom stereocenters. The molecule has 3 nitrogen and oxygen atoms in total. The van der Waals surface area contributed by atoms with Crippen LogP contribution in [-0.2, 0) is 4.79 Å². The van der Waals surface area contributed by atoms with Gasteiger partial charge in [-0.05, 0) is 40.9 Å². The molecule has 1 N–H and O–H groups in total. The van der Waals surface area contributed by atoms with Crippen molar-refractivity contribution in [2.24, 2.45) is 0 Å². The van der Waals surface area contributed by atoms with Crippen molar-refractivity contribution < 1.29 is 4.79 Å². The van der Waals surface area contributed by atoms with Gasteiger partial charge in [0.25, 0.3) is 0 Å². The molecule has 0 aromatic rings. The highest BCUT2D eigenvalue weighted by Crippen LogP contribution is 1.99. The highest BCUT2D eigenvalue weighted by molar-refractivity contribution is 9.10. The summed E-state index contributed by atoms with van der Waals surface area (Å²) in [5.74, 6) is 0.0613. The smallest absolute Gasteiger partial charge is 0.233 e. The van der Waals surface area contributed by atoms with Crippen molar-refractivity contribution >= 4 is 21.8 Å². The van der Waals surface area contributed by atoms with Gasteiger partial charge in [0.15, 0.2) is 0 Å². The monoisotopic (exact) mass is 250 g/mol. The molecule has 2 unspecified atom stereocenters. The normalized spacial score (nSPS) is 15.5. The average molecular weight is 251 g/mol. The molecular formula is C9H19BrN2O. The van der Waals surface area contributed by atoms with Crippen molar-refractivity contribution in [1.29, 1.82) is 0 Å². The summed E-state index contributed by atoms with van der Waals surface area (Å²) in [4.78, 5) is 13.2. The molecule has 0 rings (SSSR count). The lowest BCUT2D eigenvalue weighted by Crippen LogP contribution is -2.38. The van der Waals surface area contributed by atoms with Crippen LogP contribution in [0.5, 0.6) is 0 Å². The van der Waals surface area contributed by atoms with Gasteiger partial charge in [-0.3, -0.25) is 4.79 Å². The first-order valence-electron chi connectivity index (χ1n) is 4.52. The molecule has 0 fully saturated rings. The molecule has 78 valence electrons. The van der Waals surface area contributed by atoms with Gasteiger partial charge >= 0.3 is 0 Å². The number of alkyl halides is 1. The molecule has 0 heterocycles. The lowest BCUT2D eigenvalue weighted by atomic mass is 10.2. The average Bonchev–Trinajstić information content (AvgIpc) is 2.00. The van der Waals surface area contributed by atoms with Gasteiger partial charge in [-0.1, -0.05) is 15.9 Å². The fourth-order valence-corrected chi connectivity index (χ4v) is 1.01. The Kier molecular flexibility index (Phi) is 6.33. The second-order valence-corrected chi connectivity index (χ2v) is 4.99. The predicted molar refractivity (Wildman–Crippen MR) is 59.2 cm³/mol. The van der Waals surface area contributed by atoms with Gasteiger partial charge in [-0.2, -0.15) is 0 Å². The summed E-state index contributed by atoms with van der Waals surface area (Å²) < 4.78 is 0. The third-order valence-corrected chi connectivity index (χ3v) is 2.18. The number of carbonyl (C=O) groups excluding carboxylic acids is 1. The molecule has 0 aromatic heterocycles. The van der Waals surface area contributed by atoms with Crippen LogP contribution in [0.2, 0.25) is 0 Å². The van der Waals surface area contributed by atoms with Gasteiger partial charge < -0.3 is 10.2 Å². The van der Waals surface area contributed by atoms with Crippen molar-refractivity contribution in [2.45, 2.75) is 31.1 Å². The Labute approximate surface area is 89.0 Å². The SMILES string of the molecule is CC(CCN(C)C)NC(=O)C(C)Br. The third-order valence-electron chi connectivity index (χ3n) is 1.76. The lowest BCUT2D eigenvalue weighted by molar-refractivity contribution is -0.120. The first-order valence-corrected chi connectivity index (χ1v) is 5.44. The minimum absolute atomic E-state index is 0.0613. The number of rotatable bonds is 5. The van der Waals surface area contributed by atoms with E-state index in [0.717, 1.165) is 13.0 Å². The maximum atomic E-state index is 11.2. The summed E-state index contributed by atoms with van der Waals surface area (Å²) in [5.41, 5.74) is 0. The topological polar surface area (TPSA) is 32.3 Å². The van der Waals surface area contributed by atoms with Crippen LogP contribution in [0.1, 0.15) is 20.3 Å². The Morgan fingerprint density at radius 1 is 1.46 bits per heavy atom. The molecule has 4 heteroatoms. The first kappa shape index (κ1) is 12.9. The van der Waals surface area contributed by atoms with Crippen LogP contribution in [0.4, 0.5) is 0 Å². The zero-order valence-corrected chi connectivity index (χ0v) is 10.4. The Balaban J connectivity index is 3.62. The van der Waals surface area contributed by atoms with E-state index in [1.165, 1.54) is 0 Å². The molecule has 0 aliphatic heterocycles. The quantitative estimate of drug-likeness (QED) is 0.745. The number of hydrogen-bond acceptors (Lipinski definition) is 2. The molecule has 0 aliphatic rings. The Morgan fingerprint density at radius 3 is 2.38 bits per heavy atom. The highest BCUT2D eigenvalue weighted by atomic mass is 79.9. The number of carbonyl (C=O) groups is 1. The fourth-order valence-electron chi connectivity index (χ4n) is 0.882. The molecule has 0 saturated heterocycles. The van der Waals surface area contributed by atoms with Crippen molar-refractivity contribution in [1.82, 2.24) is 10.2 Å². The zero-order chi connectivity index (χ0) is 10.4. The van der Waals surface area contributed by atoms with Crippen LogP contribution in [-0.4, -0.2) is 42.3 Å². The predicted octanol–water partition coefficient (Wildman–Crippen LogP) is 1.23. The molecule has 0 aromatic carbocycles. The summed E-state index contributed by atoms with van der Waals surface area (Å²) in [7, 11) is 4.06. The van der Waals surface area contributed by atoms with Crippen molar-refractivity contribution in [2.75, 3.05) is 20.6 Å². The van der Waals surface area contributed by atoms with E-state index in [1.54, 1.807) is 0 Å². The molecule has 0 bridgehead atoms. The van der Waals surface area contributed by atoms with Gasteiger partial charge in [0.05, 0.1) is 4.83 Å². The molecule has 0 aliphatic carbocycles. The second kappa shape index (κ2) is 6.38. The standard InChI is InChI=1S/C9H19BrN2O/c1-7(5-6-12(3)4)11-9(13)8(2)10/h7-8H,5-6H2,1-4H3,(H,11,13). The minimum Gasteiger partial charge on any atom is -0.353 e. The molecule has 13 heavy (non-hydrogen) atoms. The third kappa shape index (κ3) is 7.02. The van der Waals surface area contributed by atoms with E-state index >= 15 is 0 Å². The first-order chi connectivity index (χ1) is 5.93. The lowest BCUT2D eigenvalue weighted by Gasteiger charge is -2.17. The van der Waals surface area contributed by atoms with Crippen LogP contribution in [0.15, 0.2) is 0 Å². The summed E-state index contributed by atoms with van der Waals surface area (Å²) >= 11 is 3.23. The highest BCUT2D eigenvalue weighted by Gasteiger charge is 2.11. The summed E-state index contributed by atoms with van der Waals surface area (Å²) in [6.07, 6.45) is 0.985. The minimum atomic E-state index is -0.102.